The Morgan fingerprint density at radius 3 is 3.46 bits per heavy atom. The summed E-state index contributed by atoms with van der Waals surface area (Å²) in [6.45, 7) is 2.31. The predicted octanol–water partition coefficient (Wildman–Crippen LogP) is 0.375. The molecule has 2 aliphatic heterocycles. The Balaban J connectivity index is 1.97. The zero-order valence-electron chi connectivity index (χ0n) is 7.61. The number of piperidine rings is 1. The highest BCUT2D eigenvalue weighted by atomic mass is 15.3. The molecule has 2 aliphatic rings. The van der Waals surface area contributed by atoms with E-state index in [0.29, 0.717) is 6.04 Å². The van der Waals surface area contributed by atoms with Crippen molar-refractivity contribution in [1.29, 1.82) is 0 Å². The number of aryl methyl sites for hydroxylation is 1. The molecule has 1 aromatic rings. The summed E-state index contributed by atoms with van der Waals surface area (Å²) in [6, 6.07) is 0.667. The Morgan fingerprint density at radius 1 is 1.46 bits per heavy atom. The number of aromatic nitrogens is 3. The van der Waals surface area contributed by atoms with Gasteiger partial charge in [0.1, 0.15) is 12.2 Å². The van der Waals surface area contributed by atoms with E-state index in [-0.39, 0.29) is 0 Å². The van der Waals surface area contributed by atoms with Crippen molar-refractivity contribution in [2.45, 2.75) is 25.3 Å². The lowest BCUT2D eigenvalue weighted by Gasteiger charge is -2.36. The Bertz CT molecular complexity index is 306. The molecule has 1 N–H and O–H groups in total. The molecule has 13 heavy (non-hydrogen) atoms. The van der Waals surface area contributed by atoms with Crippen LogP contribution in [0.1, 0.15) is 24.7 Å². The summed E-state index contributed by atoms with van der Waals surface area (Å²) in [5, 5.41) is 11.6. The Morgan fingerprint density at radius 2 is 2.46 bits per heavy atom. The molecular weight excluding hydrogens is 164 g/mol. The molecule has 0 radical (unpaired) electrons. The highest BCUT2D eigenvalue weighted by Gasteiger charge is 2.31. The van der Waals surface area contributed by atoms with Crippen LogP contribution < -0.4 is 5.32 Å². The molecule has 0 bridgehead atoms. The summed E-state index contributed by atoms with van der Waals surface area (Å²) in [4.78, 5) is 0. The van der Waals surface area contributed by atoms with Crippen molar-refractivity contribution in [2.24, 2.45) is 5.92 Å². The van der Waals surface area contributed by atoms with Crippen molar-refractivity contribution < 1.29 is 0 Å². The Labute approximate surface area is 77.4 Å². The van der Waals surface area contributed by atoms with E-state index in [0.717, 1.165) is 18.9 Å². The second-order valence-electron chi connectivity index (χ2n) is 4.01. The van der Waals surface area contributed by atoms with Crippen LogP contribution in [0.2, 0.25) is 0 Å². The monoisotopic (exact) mass is 178 g/mol. The molecule has 0 saturated carbocycles. The van der Waals surface area contributed by atoms with Crippen molar-refractivity contribution in [1.82, 2.24) is 20.1 Å². The minimum absolute atomic E-state index is 0.667. The van der Waals surface area contributed by atoms with Crippen LogP contribution in [-0.2, 0) is 6.42 Å². The van der Waals surface area contributed by atoms with Crippen molar-refractivity contribution in [3.63, 3.8) is 0 Å². The van der Waals surface area contributed by atoms with Crippen LogP contribution in [0.25, 0.3) is 0 Å². The summed E-state index contributed by atoms with van der Waals surface area (Å²) in [5.41, 5.74) is 0. The third-order valence-corrected chi connectivity index (χ3v) is 3.31. The SMILES string of the molecule is c1nnc2n1[C@H]1CCNC[C@H]1CC2. The van der Waals surface area contributed by atoms with Crippen molar-refractivity contribution in [3.8, 4) is 0 Å². The number of nitrogens with zero attached hydrogens (tertiary/aromatic N) is 3. The van der Waals surface area contributed by atoms with E-state index in [1.165, 1.54) is 25.2 Å². The van der Waals surface area contributed by atoms with Gasteiger partial charge in [-0.15, -0.1) is 10.2 Å². The van der Waals surface area contributed by atoms with Gasteiger partial charge in [0.05, 0.1) is 0 Å². The second-order valence-corrected chi connectivity index (χ2v) is 4.01. The summed E-state index contributed by atoms with van der Waals surface area (Å²) in [7, 11) is 0. The van der Waals surface area contributed by atoms with Crippen LogP contribution in [0.4, 0.5) is 0 Å². The maximum absolute atomic E-state index is 4.14. The molecule has 3 rings (SSSR count). The highest BCUT2D eigenvalue weighted by molar-refractivity contribution is 4.99. The largest absolute Gasteiger partial charge is 0.316 e. The lowest BCUT2D eigenvalue weighted by Crippen LogP contribution is -2.40. The molecule has 1 aromatic heterocycles. The van der Waals surface area contributed by atoms with Crippen LogP contribution >= 0.6 is 0 Å². The van der Waals surface area contributed by atoms with Crippen LogP contribution in [0.3, 0.4) is 0 Å². The smallest absolute Gasteiger partial charge is 0.133 e. The zero-order valence-corrected chi connectivity index (χ0v) is 7.61. The minimum Gasteiger partial charge on any atom is -0.316 e. The van der Waals surface area contributed by atoms with E-state index < -0.39 is 0 Å². The summed E-state index contributed by atoms with van der Waals surface area (Å²) >= 11 is 0. The fraction of sp³-hybridized carbons (Fsp3) is 0.778. The molecule has 3 heterocycles. The van der Waals surface area contributed by atoms with Gasteiger partial charge in [-0.25, -0.2) is 0 Å². The summed E-state index contributed by atoms with van der Waals surface area (Å²) in [6.07, 6.45) is 5.51. The van der Waals surface area contributed by atoms with Gasteiger partial charge in [0, 0.05) is 12.5 Å². The molecule has 0 amide bonds. The summed E-state index contributed by atoms with van der Waals surface area (Å²) in [5.74, 6) is 1.99. The number of rotatable bonds is 0. The molecule has 70 valence electrons. The van der Waals surface area contributed by atoms with Crippen molar-refractivity contribution >= 4 is 0 Å². The van der Waals surface area contributed by atoms with Gasteiger partial charge in [0.2, 0.25) is 0 Å². The quantitative estimate of drug-likeness (QED) is 0.624. The van der Waals surface area contributed by atoms with Crippen molar-refractivity contribution in [3.05, 3.63) is 12.2 Å². The fourth-order valence-electron chi connectivity index (χ4n) is 2.61. The van der Waals surface area contributed by atoms with E-state index in [4.69, 9.17) is 0 Å². The number of hydrogen-bond donors (Lipinski definition) is 1. The first kappa shape index (κ1) is 7.50. The molecule has 2 atom stereocenters. The van der Waals surface area contributed by atoms with E-state index in [1.807, 2.05) is 6.33 Å². The fourth-order valence-corrected chi connectivity index (χ4v) is 2.61. The minimum atomic E-state index is 0.667. The first-order chi connectivity index (χ1) is 6.45. The lowest BCUT2D eigenvalue weighted by molar-refractivity contribution is 0.213. The Kier molecular flexibility index (Phi) is 1.62. The molecule has 4 nitrogen and oxygen atoms in total. The van der Waals surface area contributed by atoms with E-state index in [9.17, 15) is 0 Å². The zero-order chi connectivity index (χ0) is 8.67. The molecule has 1 fully saturated rings. The molecule has 0 spiro atoms. The van der Waals surface area contributed by atoms with Gasteiger partial charge in [0.15, 0.2) is 0 Å². The van der Waals surface area contributed by atoms with Crippen molar-refractivity contribution in [2.75, 3.05) is 13.1 Å². The van der Waals surface area contributed by atoms with Crippen LogP contribution in [0.5, 0.6) is 0 Å². The predicted molar refractivity (Wildman–Crippen MR) is 48.4 cm³/mol. The van der Waals surface area contributed by atoms with Gasteiger partial charge in [-0.1, -0.05) is 0 Å². The molecular formula is C9H14N4. The van der Waals surface area contributed by atoms with Crippen LogP contribution in [0.15, 0.2) is 6.33 Å². The third-order valence-electron chi connectivity index (χ3n) is 3.31. The molecule has 4 heteroatoms. The summed E-state index contributed by atoms with van der Waals surface area (Å²) < 4.78 is 2.29. The lowest BCUT2D eigenvalue weighted by atomic mass is 9.86. The maximum Gasteiger partial charge on any atom is 0.133 e. The third kappa shape index (κ3) is 1.09. The first-order valence-corrected chi connectivity index (χ1v) is 5.04. The Hall–Kier alpha value is -0.900. The van der Waals surface area contributed by atoms with Gasteiger partial charge in [-0.3, -0.25) is 0 Å². The number of nitrogens with one attached hydrogen (secondary N) is 1. The normalized spacial score (nSPS) is 32.3. The standard InChI is InChI=1S/C9H14N4/c1-2-9-12-11-6-13(9)8-3-4-10-5-7(1)8/h6-8,10H,1-5H2/t7-,8+/m1/s1. The molecule has 0 aliphatic carbocycles. The van der Waals surface area contributed by atoms with Crippen LogP contribution in [0, 0.1) is 5.92 Å². The van der Waals surface area contributed by atoms with E-state index in [1.54, 1.807) is 0 Å². The second kappa shape index (κ2) is 2.80. The number of hydrogen-bond acceptors (Lipinski definition) is 3. The molecule has 0 unspecified atom stereocenters. The van der Waals surface area contributed by atoms with Gasteiger partial charge in [-0.05, 0) is 31.8 Å². The van der Waals surface area contributed by atoms with Crippen LogP contribution in [-0.4, -0.2) is 27.9 Å². The van der Waals surface area contributed by atoms with Gasteiger partial charge < -0.3 is 9.88 Å². The highest BCUT2D eigenvalue weighted by Crippen LogP contribution is 2.32. The average molecular weight is 178 g/mol. The van der Waals surface area contributed by atoms with E-state index in [2.05, 4.69) is 20.1 Å². The first-order valence-electron chi connectivity index (χ1n) is 5.04. The topological polar surface area (TPSA) is 42.7 Å². The van der Waals surface area contributed by atoms with Gasteiger partial charge >= 0.3 is 0 Å². The average Bonchev–Trinajstić information content (AvgIpc) is 2.65. The molecule has 1 saturated heterocycles. The van der Waals surface area contributed by atoms with Gasteiger partial charge in [-0.2, -0.15) is 0 Å². The maximum atomic E-state index is 4.14. The number of fused-ring (bicyclic) bond motifs is 3. The van der Waals surface area contributed by atoms with E-state index >= 15 is 0 Å². The van der Waals surface area contributed by atoms with Gasteiger partial charge in [0.25, 0.3) is 0 Å². The molecule has 0 aromatic carbocycles.